The molecule has 0 fully saturated rings. The minimum Gasteiger partial charge on any atom is -0.305 e. The third kappa shape index (κ3) is 6.88. The van der Waals surface area contributed by atoms with Crippen molar-refractivity contribution in [2.45, 2.75) is 0 Å². The molecule has 6 aromatic heterocycles. The molecule has 0 aliphatic rings. The predicted octanol–water partition coefficient (Wildman–Crippen LogP) is 19.5. The Balaban J connectivity index is 1.09. The fourth-order valence-corrected chi connectivity index (χ4v) is 13.2. The highest BCUT2D eigenvalue weighted by Gasteiger charge is 2.32. The van der Waals surface area contributed by atoms with Crippen molar-refractivity contribution in [3.63, 3.8) is 0 Å². The van der Waals surface area contributed by atoms with Gasteiger partial charge in [0.25, 0.3) is 0 Å². The van der Waals surface area contributed by atoms with Crippen LogP contribution in [-0.4, -0.2) is 28.2 Å². The fraction of sp³-hybridized carbons (Fsp3) is 0. The zero-order chi connectivity index (χ0) is 53.8. The molecule has 6 nitrogen and oxygen atoms in total. The first-order chi connectivity index (χ1) is 40.7. The Hall–Kier alpha value is -11.1. The maximum absolute atomic E-state index is 6.40. The van der Waals surface area contributed by atoms with Gasteiger partial charge < -0.3 is 9.13 Å². The van der Waals surface area contributed by atoms with Crippen LogP contribution in [0.4, 0.5) is 0 Å². The molecule has 0 N–H and O–H groups in total. The van der Waals surface area contributed by atoms with Gasteiger partial charge in [0.2, 0.25) is 0 Å². The summed E-state index contributed by atoms with van der Waals surface area (Å²) >= 11 is 0. The molecule has 6 heterocycles. The Labute approximate surface area is 471 Å². The fourth-order valence-electron chi connectivity index (χ4n) is 13.2. The van der Waals surface area contributed by atoms with E-state index >= 15 is 0 Å². The van der Waals surface area contributed by atoms with E-state index in [1.165, 1.54) is 0 Å². The summed E-state index contributed by atoms with van der Waals surface area (Å²) in [6.07, 6.45) is 0. The largest absolute Gasteiger partial charge is 0.305 e. The van der Waals surface area contributed by atoms with E-state index in [9.17, 15) is 0 Å². The summed E-state index contributed by atoms with van der Waals surface area (Å²) in [5.41, 5.74) is 18.7. The third-order valence-corrected chi connectivity index (χ3v) is 16.8. The predicted molar refractivity (Wildman–Crippen MR) is 341 cm³/mol. The van der Waals surface area contributed by atoms with E-state index in [1.54, 1.807) is 0 Å². The first kappa shape index (κ1) is 45.9. The van der Waals surface area contributed by atoms with Gasteiger partial charge in [-0.25, -0.2) is 9.97 Å². The van der Waals surface area contributed by atoms with Crippen LogP contribution in [0.2, 0.25) is 0 Å². The van der Waals surface area contributed by atoms with Crippen molar-refractivity contribution in [2.75, 3.05) is 0 Å². The highest BCUT2D eigenvalue weighted by atomic mass is 15.2. The standard InChI is InChI=1S/C76H48N6/c1-3-23-49(24-4-1)53-47-62(50-25-5-2-6-26-50)77-63(48-53)51-43-45-52(46-44-51)72-73(79-64-35-15-7-27-54(64)55-28-8-16-36-65(55)79)75(81-68-39-19-11-31-58(68)59-32-12-20-40-69(59)81)78-76(82-70-41-21-13-33-60(70)61-34-14-22-42-71(61)82)74(72)80-66-37-17-9-29-56(66)57-30-10-18-38-67(57)80/h1-48H. The number of hydrogen-bond donors (Lipinski definition) is 0. The van der Waals surface area contributed by atoms with Crippen LogP contribution in [0.3, 0.4) is 0 Å². The monoisotopic (exact) mass is 1040 g/mol. The van der Waals surface area contributed by atoms with Crippen molar-refractivity contribution in [2.24, 2.45) is 0 Å². The summed E-state index contributed by atoms with van der Waals surface area (Å²) in [6, 6.07) is 105. The summed E-state index contributed by atoms with van der Waals surface area (Å²) in [5, 5.41) is 9.28. The molecule has 82 heavy (non-hydrogen) atoms. The average molecular weight is 1050 g/mol. The van der Waals surface area contributed by atoms with Crippen LogP contribution < -0.4 is 0 Å². The maximum Gasteiger partial charge on any atom is 0.165 e. The molecule has 0 unspecified atom stereocenters. The molecule has 0 aliphatic heterocycles. The van der Waals surface area contributed by atoms with E-state index in [2.05, 4.69) is 309 Å². The minimum absolute atomic E-state index is 0.800. The lowest BCUT2D eigenvalue weighted by atomic mass is 9.97. The summed E-state index contributed by atoms with van der Waals surface area (Å²) in [5.74, 6) is 1.60. The van der Waals surface area contributed by atoms with Gasteiger partial charge >= 0.3 is 0 Å². The van der Waals surface area contributed by atoms with Gasteiger partial charge in [-0.2, -0.15) is 0 Å². The molecule has 0 spiro atoms. The Bertz CT molecular complexity index is 4870. The van der Waals surface area contributed by atoms with E-state index in [4.69, 9.17) is 9.97 Å². The minimum atomic E-state index is 0.800. The van der Waals surface area contributed by atoms with Crippen LogP contribution in [0.15, 0.2) is 291 Å². The van der Waals surface area contributed by atoms with Crippen LogP contribution in [0, 0.1) is 0 Å². The molecule has 17 rings (SSSR count). The zero-order valence-corrected chi connectivity index (χ0v) is 44.4. The molecule has 0 saturated heterocycles. The van der Waals surface area contributed by atoms with Crippen molar-refractivity contribution in [3.05, 3.63) is 291 Å². The molecule has 0 amide bonds. The lowest BCUT2D eigenvalue weighted by Gasteiger charge is -2.27. The van der Waals surface area contributed by atoms with Gasteiger partial charge in [-0.05, 0) is 77.4 Å². The van der Waals surface area contributed by atoms with E-state index in [0.29, 0.717) is 0 Å². The van der Waals surface area contributed by atoms with Gasteiger partial charge in [-0.15, -0.1) is 0 Å². The van der Waals surface area contributed by atoms with Crippen LogP contribution >= 0.6 is 0 Å². The summed E-state index contributed by atoms with van der Waals surface area (Å²) in [7, 11) is 0. The van der Waals surface area contributed by atoms with E-state index < -0.39 is 0 Å². The molecule has 0 radical (unpaired) electrons. The van der Waals surface area contributed by atoms with Crippen LogP contribution in [0.1, 0.15) is 0 Å². The van der Waals surface area contributed by atoms with Crippen molar-refractivity contribution in [1.29, 1.82) is 0 Å². The van der Waals surface area contributed by atoms with E-state index in [-0.39, 0.29) is 0 Å². The SMILES string of the molecule is c1ccc(-c2cc(-c3ccccc3)nc(-c3ccc(-c4c(-n5c6ccccc6c6ccccc65)c(-n5c6ccccc6c6ccccc65)nc(-n5c6ccccc6c6ccccc65)c4-n4c5ccccc5c5ccccc54)cc3)c2)cc1. The molecule has 382 valence electrons. The smallest absolute Gasteiger partial charge is 0.165 e. The number of rotatable bonds is 8. The lowest BCUT2D eigenvalue weighted by molar-refractivity contribution is 0.961. The molecule has 11 aromatic carbocycles. The average Bonchev–Trinajstić information content (AvgIpc) is 4.36. The Morgan fingerprint density at radius 1 is 0.195 bits per heavy atom. The quantitative estimate of drug-likeness (QED) is 0.152. The van der Waals surface area contributed by atoms with Gasteiger partial charge in [0.05, 0.1) is 55.5 Å². The normalized spacial score (nSPS) is 11.9. The molecule has 6 heteroatoms. The Kier molecular flexibility index (Phi) is 10.2. The van der Waals surface area contributed by atoms with Gasteiger partial charge in [-0.3, -0.25) is 9.13 Å². The van der Waals surface area contributed by atoms with Crippen LogP contribution in [-0.2, 0) is 0 Å². The van der Waals surface area contributed by atoms with Crippen LogP contribution in [0.25, 0.3) is 155 Å². The number of hydrogen-bond acceptors (Lipinski definition) is 2. The zero-order valence-electron chi connectivity index (χ0n) is 44.4. The Morgan fingerprint density at radius 3 is 0.780 bits per heavy atom. The second-order valence-corrected chi connectivity index (χ2v) is 21.2. The molecule has 0 saturated carbocycles. The van der Waals surface area contributed by atoms with Crippen molar-refractivity contribution >= 4 is 87.2 Å². The van der Waals surface area contributed by atoms with Crippen molar-refractivity contribution in [1.82, 2.24) is 28.2 Å². The van der Waals surface area contributed by atoms with Crippen molar-refractivity contribution in [3.8, 4) is 67.8 Å². The summed E-state index contributed by atoms with van der Waals surface area (Å²) in [4.78, 5) is 11.8. The highest BCUT2D eigenvalue weighted by molar-refractivity contribution is 6.16. The first-order valence-electron chi connectivity index (χ1n) is 28.0. The second-order valence-electron chi connectivity index (χ2n) is 21.2. The topological polar surface area (TPSA) is 45.5 Å². The number of nitrogens with zero attached hydrogens (tertiary/aromatic N) is 6. The third-order valence-electron chi connectivity index (χ3n) is 16.8. The number of benzene rings is 11. The second kappa shape index (κ2) is 18.2. The number of fused-ring (bicyclic) bond motifs is 12. The van der Waals surface area contributed by atoms with E-state index in [1.807, 2.05) is 0 Å². The van der Waals surface area contributed by atoms with Crippen molar-refractivity contribution < 1.29 is 0 Å². The number of para-hydroxylation sites is 8. The number of pyridine rings is 2. The molecule has 0 aliphatic carbocycles. The lowest BCUT2D eigenvalue weighted by Crippen LogP contribution is -2.16. The molecule has 17 aromatic rings. The van der Waals surface area contributed by atoms with E-state index in [0.717, 1.165) is 155 Å². The van der Waals surface area contributed by atoms with Gasteiger partial charge in [0.1, 0.15) is 11.4 Å². The molecular weight excluding hydrogens is 997 g/mol. The van der Waals surface area contributed by atoms with Crippen LogP contribution in [0.5, 0.6) is 0 Å². The summed E-state index contributed by atoms with van der Waals surface area (Å²) in [6.45, 7) is 0. The van der Waals surface area contributed by atoms with Gasteiger partial charge in [0, 0.05) is 59.8 Å². The highest BCUT2D eigenvalue weighted by Crippen LogP contribution is 2.49. The first-order valence-corrected chi connectivity index (χ1v) is 28.0. The maximum atomic E-state index is 6.40. The molecular formula is C76H48N6. The Morgan fingerprint density at radius 2 is 0.451 bits per heavy atom. The number of aromatic nitrogens is 6. The summed E-state index contributed by atoms with van der Waals surface area (Å²) < 4.78 is 9.87. The molecule has 0 bridgehead atoms. The van der Waals surface area contributed by atoms with Gasteiger partial charge in [-0.1, -0.05) is 231 Å². The van der Waals surface area contributed by atoms with Gasteiger partial charge in [0.15, 0.2) is 11.6 Å². The molecule has 0 atom stereocenters.